The maximum atomic E-state index is 9.51. The van der Waals surface area contributed by atoms with Crippen molar-refractivity contribution < 1.29 is 37.2 Å². The first-order valence-electron chi connectivity index (χ1n) is 30.1. The molecule has 11 aromatic carbocycles. The van der Waals surface area contributed by atoms with Crippen LogP contribution in [0.5, 0.6) is 11.5 Å². The summed E-state index contributed by atoms with van der Waals surface area (Å²) >= 11 is -4.12. The number of benzene rings is 11. The standard InChI is InChI=1S/C76H54GeN4O.Pt/c1-76(2,3)53-44-45-78-73(46-53)81-70-41-21-20-38-66(70)67-43-42-60(50-71(67)81)82-59-33-22-32-58(49-59)79-51-80-74-61(52-24-8-4-9-25-52)39-23-40-68(74)64-36-18-16-34-62(64)63-35-17-19-37-65(63)69-47-57(48-72(79)75(69)80)77(54-26-10-5-11-27-54,55-28-12-6-13-29-55)56-30-14-7-15-31-56;/h4-48H,1-3H3;/q-2;/i4D,8D,9D,24D,25D;. The van der Waals surface area contributed by atoms with E-state index in [2.05, 4.69) is 241 Å². The summed E-state index contributed by atoms with van der Waals surface area (Å²) in [6, 6.07) is 88.4. The van der Waals surface area contributed by atoms with Crippen molar-refractivity contribution in [3.8, 4) is 34.1 Å². The zero-order chi connectivity index (χ0) is 59.3. The molecule has 0 spiro atoms. The average molecular weight is 1310 g/mol. The Labute approximate surface area is 506 Å². The van der Waals surface area contributed by atoms with Gasteiger partial charge < -0.3 is 0 Å². The van der Waals surface area contributed by atoms with E-state index in [0.29, 0.717) is 28.3 Å². The third kappa shape index (κ3) is 8.72. The van der Waals surface area contributed by atoms with Crippen LogP contribution in [0.25, 0.3) is 93.3 Å². The molecule has 0 unspecified atom stereocenters. The second kappa shape index (κ2) is 21.0. The minimum absolute atomic E-state index is 0. The molecule has 0 fully saturated rings. The van der Waals surface area contributed by atoms with E-state index in [1.807, 2.05) is 54.7 Å². The number of pyridine rings is 1. The van der Waals surface area contributed by atoms with Crippen LogP contribution in [-0.2, 0) is 26.5 Å². The number of nitrogens with zero attached hydrogens (tertiary/aromatic N) is 4. The van der Waals surface area contributed by atoms with Crippen molar-refractivity contribution in [2.24, 2.45) is 0 Å². The van der Waals surface area contributed by atoms with Crippen LogP contribution in [0, 0.1) is 18.5 Å². The molecule has 0 amide bonds. The van der Waals surface area contributed by atoms with Crippen LogP contribution < -0.4 is 26.9 Å². The topological polar surface area (TPSA) is 35.3 Å². The first-order chi connectivity index (χ1) is 42.4. The Morgan fingerprint density at radius 1 is 0.494 bits per heavy atom. The summed E-state index contributed by atoms with van der Waals surface area (Å²) in [7, 11) is 0. The molecular formula is C76H54GeN4OPt-2. The van der Waals surface area contributed by atoms with Gasteiger partial charge in [-0.1, -0.05) is 39.0 Å². The predicted octanol–water partition coefficient (Wildman–Crippen LogP) is 15.4. The zero-order valence-corrected chi connectivity index (χ0v) is 50.0. The van der Waals surface area contributed by atoms with Crippen LogP contribution in [0.4, 0.5) is 0 Å². The molecule has 0 radical (unpaired) electrons. The Balaban J connectivity index is 0.00000680. The van der Waals surface area contributed by atoms with E-state index in [-0.39, 0.29) is 44.1 Å². The maximum absolute atomic E-state index is 9.51. The number of ether oxygens (including phenoxy) is 1. The largest absolute Gasteiger partial charge is 0 e. The molecule has 7 heteroatoms. The van der Waals surface area contributed by atoms with Crippen molar-refractivity contribution in [3.63, 3.8) is 0 Å². The summed E-state index contributed by atoms with van der Waals surface area (Å²) in [6.45, 7) is 6.62. The summed E-state index contributed by atoms with van der Waals surface area (Å²) in [4.78, 5) is 4.92. The molecule has 0 bridgehead atoms. The van der Waals surface area contributed by atoms with Crippen LogP contribution in [0.2, 0.25) is 0 Å². The number of rotatable bonds is 9. The number of hydrogen-bond acceptors (Lipinski definition) is 2. The Morgan fingerprint density at radius 3 is 1.71 bits per heavy atom. The van der Waals surface area contributed by atoms with E-state index in [1.54, 1.807) is 0 Å². The Hall–Kier alpha value is -9.13. The molecule has 0 aliphatic carbocycles. The minimum Gasteiger partial charge on any atom is 0 e. The second-order valence-electron chi connectivity index (χ2n) is 21.9. The Morgan fingerprint density at radius 2 is 1.06 bits per heavy atom. The fraction of sp³-hybridized carbons (Fsp3) is 0.0526. The molecule has 15 aromatic rings. The van der Waals surface area contributed by atoms with Crippen molar-refractivity contribution in [2.45, 2.75) is 26.2 Å². The SMILES string of the molecule is [2H]c1c([2H])c([2H])c(-c2cccc3c4ccccc4c4ccccc4c4c[c]([Ge]([c]5ccccc5)([c]5ccccc5)[c]5ccccc5)cc5c4n([c-][n+]5-c4[c-]c(Oc5[c-]c6c(cc5)c5ccccc5n6-c5cc(C(C)(C)C)ccn5)ccc4)c23)c([2H])c1[2H].[Pt]. The number of para-hydroxylation sites is 2. The molecule has 4 aromatic heterocycles. The number of aromatic nitrogens is 4. The first kappa shape index (κ1) is 46.5. The normalized spacial score (nSPS) is 12.8. The number of hydrogen-bond donors (Lipinski definition) is 0. The fourth-order valence-corrected chi connectivity index (χ4v) is 22.5. The Bertz CT molecular complexity index is 5200. The van der Waals surface area contributed by atoms with Crippen LogP contribution in [0.3, 0.4) is 0 Å². The van der Waals surface area contributed by atoms with E-state index in [9.17, 15) is 2.74 Å². The van der Waals surface area contributed by atoms with Crippen molar-refractivity contribution in [1.29, 1.82) is 0 Å². The molecule has 0 saturated carbocycles. The van der Waals surface area contributed by atoms with Gasteiger partial charge in [-0.2, -0.15) is 0 Å². The molecule has 400 valence electrons. The van der Waals surface area contributed by atoms with Crippen molar-refractivity contribution in [1.82, 2.24) is 14.0 Å². The Kier molecular flexibility index (Phi) is 11.8. The quantitative estimate of drug-likeness (QED) is 0.0820. The van der Waals surface area contributed by atoms with E-state index in [4.69, 9.17) is 13.8 Å². The monoisotopic (exact) mass is 1310 g/mol. The van der Waals surface area contributed by atoms with Crippen LogP contribution >= 0.6 is 0 Å². The summed E-state index contributed by atoms with van der Waals surface area (Å²) in [6.07, 6.45) is 5.79. The van der Waals surface area contributed by atoms with Gasteiger partial charge in [0.05, 0.1) is 0 Å². The molecule has 4 heterocycles. The van der Waals surface area contributed by atoms with E-state index in [0.717, 1.165) is 75.4 Å². The van der Waals surface area contributed by atoms with Gasteiger partial charge in [-0.15, -0.1) is 0 Å². The third-order valence-electron chi connectivity index (χ3n) is 16.2. The molecule has 0 aliphatic heterocycles. The minimum atomic E-state index is -4.12. The van der Waals surface area contributed by atoms with Gasteiger partial charge in [0, 0.05) is 32.8 Å². The average Bonchev–Trinajstić information content (AvgIpc) is 1.43. The van der Waals surface area contributed by atoms with E-state index in [1.165, 1.54) is 18.8 Å². The van der Waals surface area contributed by atoms with Crippen molar-refractivity contribution in [2.75, 3.05) is 0 Å². The molecule has 0 aliphatic rings. The van der Waals surface area contributed by atoms with Gasteiger partial charge in [-0.05, 0) is 34.6 Å². The molecule has 83 heavy (non-hydrogen) atoms. The van der Waals surface area contributed by atoms with Gasteiger partial charge >= 0.3 is 393 Å². The van der Waals surface area contributed by atoms with Gasteiger partial charge in [0.1, 0.15) is 5.82 Å². The predicted molar refractivity (Wildman–Crippen MR) is 341 cm³/mol. The molecule has 0 saturated heterocycles. The zero-order valence-electron chi connectivity index (χ0n) is 50.6. The maximum Gasteiger partial charge on any atom is 0 e. The van der Waals surface area contributed by atoms with Gasteiger partial charge in [-0.25, -0.2) is 4.98 Å². The fourth-order valence-electron chi connectivity index (χ4n) is 12.5. The second-order valence-corrected chi connectivity index (χ2v) is 29.9. The summed E-state index contributed by atoms with van der Waals surface area (Å²) < 4.78 is 63.8. The number of imidazole rings is 1. The first-order valence-corrected chi connectivity index (χ1v) is 31.8. The van der Waals surface area contributed by atoms with Gasteiger partial charge in [0.15, 0.2) is 0 Å². The van der Waals surface area contributed by atoms with E-state index >= 15 is 0 Å². The van der Waals surface area contributed by atoms with Crippen LogP contribution in [0.1, 0.15) is 33.2 Å². The molecule has 0 atom stereocenters. The molecule has 15 rings (SSSR count). The van der Waals surface area contributed by atoms with Crippen LogP contribution in [-0.4, -0.2) is 27.2 Å². The van der Waals surface area contributed by atoms with Gasteiger partial charge in [0.25, 0.3) is 0 Å². The van der Waals surface area contributed by atoms with Crippen LogP contribution in [0.15, 0.2) is 273 Å². The van der Waals surface area contributed by atoms with Crippen molar-refractivity contribution in [3.05, 3.63) is 297 Å². The summed E-state index contributed by atoms with van der Waals surface area (Å²) in [5.74, 6) is 1.73. The number of fused-ring (bicyclic) bond motifs is 10. The summed E-state index contributed by atoms with van der Waals surface area (Å²) in [5.41, 5.74) is 6.28. The summed E-state index contributed by atoms with van der Waals surface area (Å²) in [5, 5.41) is 7.70. The molecule has 5 nitrogen and oxygen atoms in total. The van der Waals surface area contributed by atoms with E-state index < -0.39 is 31.4 Å². The van der Waals surface area contributed by atoms with Gasteiger partial charge in [0.2, 0.25) is 0 Å². The molecule has 0 N–H and O–H groups in total. The van der Waals surface area contributed by atoms with Gasteiger partial charge in [-0.3, -0.25) is 0 Å². The van der Waals surface area contributed by atoms with Crippen molar-refractivity contribution >= 4 is 102 Å². The third-order valence-corrected chi connectivity index (χ3v) is 26.1. The smallest absolute Gasteiger partial charge is 0 e. The molecular weight excluding hydrogens is 1250 g/mol.